The Morgan fingerprint density at radius 3 is 2.38 bits per heavy atom. The van der Waals surface area contributed by atoms with E-state index in [1.807, 2.05) is 24.8 Å². The van der Waals surface area contributed by atoms with E-state index < -0.39 is 11.5 Å². The first kappa shape index (κ1) is 24.6. The topological polar surface area (TPSA) is 102 Å². The molecule has 2 fully saturated rings. The number of carbonyl (C=O) groups excluding carboxylic acids is 1. The number of rotatable bonds is 5. The highest BCUT2D eigenvalue weighted by molar-refractivity contribution is 6.35. The van der Waals surface area contributed by atoms with Crippen LogP contribution in [0.25, 0.3) is 0 Å². The monoisotopic (exact) mass is 526 g/mol. The summed E-state index contributed by atoms with van der Waals surface area (Å²) in [5.41, 5.74) is 0.202. The Morgan fingerprint density at radius 2 is 1.76 bits per heavy atom. The van der Waals surface area contributed by atoms with Gasteiger partial charge in [0.15, 0.2) is 5.82 Å². The Morgan fingerprint density at radius 1 is 1.09 bits per heavy atom. The van der Waals surface area contributed by atoms with Crippen LogP contribution in [0.15, 0.2) is 24.4 Å². The molecule has 4 rings (SSSR count). The van der Waals surface area contributed by atoms with Gasteiger partial charge < -0.3 is 25.1 Å². The molecule has 0 radical (unpaired) electrons. The van der Waals surface area contributed by atoms with E-state index in [4.69, 9.17) is 39.9 Å². The molecule has 2 saturated heterocycles. The molecule has 1 aromatic heterocycles. The summed E-state index contributed by atoms with van der Waals surface area (Å²) in [6, 6.07) is 5.14. The molecule has 0 bridgehead atoms. The van der Waals surface area contributed by atoms with E-state index in [2.05, 4.69) is 15.3 Å². The summed E-state index contributed by atoms with van der Waals surface area (Å²) < 4.78 is 0. The third-order valence-electron chi connectivity index (χ3n) is 6.23. The minimum absolute atomic E-state index is 0.0160. The van der Waals surface area contributed by atoms with Crippen LogP contribution in [0.3, 0.4) is 0 Å². The van der Waals surface area contributed by atoms with Crippen LogP contribution in [0.2, 0.25) is 15.1 Å². The third kappa shape index (κ3) is 4.96. The number of anilines is 2. The van der Waals surface area contributed by atoms with Gasteiger partial charge >= 0.3 is 6.09 Å². The van der Waals surface area contributed by atoms with Gasteiger partial charge in [-0.1, -0.05) is 40.9 Å². The summed E-state index contributed by atoms with van der Waals surface area (Å²) in [4.78, 5) is 38.0. The molecule has 2 N–H and O–H groups in total. The van der Waals surface area contributed by atoms with Crippen LogP contribution in [0.4, 0.5) is 16.6 Å². The van der Waals surface area contributed by atoms with E-state index in [-0.39, 0.29) is 25.0 Å². The van der Waals surface area contributed by atoms with Crippen LogP contribution in [-0.2, 0) is 4.79 Å². The van der Waals surface area contributed by atoms with Gasteiger partial charge in [0.05, 0.1) is 17.7 Å². The fourth-order valence-electron chi connectivity index (χ4n) is 4.30. The molecule has 0 unspecified atom stereocenters. The van der Waals surface area contributed by atoms with Crippen molar-refractivity contribution in [2.75, 3.05) is 49.5 Å². The molecular weight excluding hydrogens is 503 g/mol. The average Bonchev–Trinajstić information content (AvgIpc) is 2.77. The van der Waals surface area contributed by atoms with Crippen molar-refractivity contribution in [2.24, 2.45) is 5.41 Å². The van der Waals surface area contributed by atoms with Gasteiger partial charge in [0.1, 0.15) is 5.02 Å². The van der Waals surface area contributed by atoms with Gasteiger partial charge in [-0.2, -0.15) is 4.98 Å². The molecule has 9 nitrogen and oxygen atoms in total. The van der Waals surface area contributed by atoms with E-state index in [0.717, 1.165) is 5.56 Å². The number of hydrogen-bond acceptors (Lipinski definition) is 6. The maximum atomic E-state index is 12.9. The van der Waals surface area contributed by atoms with E-state index in [1.54, 1.807) is 23.2 Å². The molecule has 1 atom stereocenters. The van der Waals surface area contributed by atoms with Crippen LogP contribution < -0.4 is 10.2 Å². The smallest absolute Gasteiger partial charge is 0.407 e. The quantitative estimate of drug-likeness (QED) is 0.599. The normalized spacial score (nSPS) is 18.3. The standard InChI is InChI=1S/C22H25Cl3N6O3/c1-13(15-4-3-14(23)9-16(15)24)27-18-17(25)10-26-20(28-18)30-7-5-29(6-8-30)19(32)22(2)11-31(12-22)21(33)34/h3-4,9-10,13H,5-8,11-12H2,1-2H3,(H,33,34)(H,26,27,28)/t13-/m1/s1. The molecule has 182 valence electrons. The molecule has 2 amide bonds. The van der Waals surface area contributed by atoms with E-state index >= 15 is 0 Å². The lowest BCUT2D eigenvalue weighted by molar-refractivity contribution is -0.149. The predicted octanol–water partition coefficient (Wildman–Crippen LogP) is 4.26. The molecular formula is C22H25Cl3N6O3. The Balaban J connectivity index is 1.39. The van der Waals surface area contributed by atoms with Crippen molar-refractivity contribution in [3.63, 3.8) is 0 Å². The van der Waals surface area contributed by atoms with E-state index in [0.29, 0.717) is 53.0 Å². The van der Waals surface area contributed by atoms with E-state index in [1.165, 1.54) is 4.90 Å². The van der Waals surface area contributed by atoms with Gasteiger partial charge in [-0.3, -0.25) is 4.79 Å². The van der Waals surface area contributed by atoms with Crippen molar-refractivity contribution in [1.82, 2.24) is 19.8 Å². The first-order valence-corrected chi connectivity index (χ1v) is 12.0. The Kier molecular flexibility index (Phi) is 6.98. The highest BCUT2D eigenvalue weighted by Crippen LogP contribution is 2.33. The Labute approximate surface area is 212 Å². The number of amides is 2. The summed E-state index contributed by atoms with van der Waals surface area (Å²) in [5.74, 6) is 0.984. The largest absolute Gasteiger partial charge is 0.465 e. The fraction of sp³-hybridized carbons (Fsp3) is 0.455. The summed E-state index contributed by atoms with van der Waals surface area (Å²) >= 11 is 18.7. The number of nitrogens with zero attached hydrogens (tertiary/aromatic N) is 5. The maximum absolute atomic E-state index is 12.9. The van der Waals surface area contributed by atoms with Crippen molar-refractivity contribution in [1.29, 1.82) is 0 Å². The summed E-state index contributed by atoms with van der Waals surface area (Å²) in [6.45, 7) is 6.35. The van der Waals surface area contributed by atoms with Crippen LogP contribution >= 0.6 is 34.8 Å². The van der Waals surface area contributed by atoms with E-state index in [9.17, 15) is 9.59 Å². The zero-order valence-electron chi connectivity index (χ0n) is 18.8. The number of nitrogens with one attached hydrogen (secondary N) is 1. The lowest BCUT2D eigenvalue weighted by Crippen LogP contribution is -2.65. The van der Waals surface area contributed by atoms with Gasteiger partial charge in [-0.05, 0) is 31.5 Å². The number of carbonyl (C=O) groups is 2. The molecule has 12 heteroatoms. The van der Waals surface area contributed by atoms with Gasteiger partial charge in [0.25, 0.3) is 0 Å². The highest BCUT2D eigenvalue weighted by Gasteiger charge is 2.49. The van der Waals surface area contributed by atoms with Crippen molar-refractivity contribution in [3.8, 4) is 0 Å². The summed E-state index contributed by atoms with van der Waals surface area (Å²) in [5, 5.41) is 13.8. The Hall–Kier alpha value is -2.49. The highest BCUT2D eigenvalue weighted by atomic mass is 35.5. The summed E-state index contributed by atoms with van der Waals surface area (Å²) in [6.07, 6.45) is 0.558. The zero-order chi connectivity index (χ0) is 24.6. The number of likely N-dealkylation sites (tertiary alicyclic amines) is 1. The van der Waals surface area contributed by atoms with Crippen molar-refractivity contribution in [2.45, 2.75) is 19.9 Å². The summed E-state index contributed by atoms with van der Waals surface area (Å²) in [7, 11) is 0. The maximum Gasteiger partial charge on any atom is 0.407 e. The number of aromatic nitrogens is 2. The first-order chi connectivity index (χ1) is 16.1. The number of benzene rings is 1. The third-order valence-corrected chi connectivity index (χ3v) is 7.07. The predicted molar refractivity (Wildman–Crippen MR) is 132 cm³/mol. The molecule has 0 saturated carbocycles. The second-order valence-corrected chi connectivity index (χ2v) is 10.1. The number of piperazine rings is 1. The molecule has 0 aliphatic carbocycles. The van der Waals surface area contributed by atoms with Gasteiger partial charge in [0, 0.05) is 49.3 Å². The lowest BCUT2D eigenvalue weighted by Gasteiger charge is -2.48. The molecule has 2 aliphatic heterocycles. The average molecular weight is 528 g/mol. The van der Waals surface area contributed by atoms with Gasteiger partial charge in [0.2, 0.25) is 11.9 Å². The van der Waals surface area contributed by atoms with Gasteiger partial charge in [-0.25, -0.2) is 9.78 Å². The zero-order valence-corrected chi connectivity index (χ0v) is 21.0. The number of carboxylic acid groups (broad SMARTS) is 1. The SMILES string of the molecule is C[C@@H](Nc1nc(N2CCN(C(=O)C3(C)CN(C(=O)O)C3)CC2)ncc1Cl)c1ccc(Cl)cc1Cl. The van der Waals surface area contributed by atoms with Gasteiger partial charge in [-0.15, -0.1) is 0 Å². The minimum atomic E-state index is -0.993. The minimum Gasteiger partial charge on any atom is -0.465 e. The Bertz CT molecular complexity index is 1100. The molecule has 2 aromatic rings. The lowest BCUT2D eigenvalue weighted by atomic mass is 9.80. The van der Waals surface area contributed by atoms with Crippen molar-refractivity contribution < 1.29 is 14.7 Å². The molecule has 0 spiro atoms. The van der Waals surface area contributed by atoms with Crippen LogP contribution in [0.1, 0.15) is 25.5 Å². The molecule has 3 heterocycles. The van der Waals surface area contributed by atoms with Crippen LogP contribution in [0.5, 0.6) is 0 Å². The number of hydrogen-bond donors (Lipinski definition) is 2. The molecule has 1 aromatic carbocycles. The fourth-order valence-corrected chi connectivity index (χ4v) is 5.02. The van der Waals surface area contributed by atoms with Crippen LogP contribution in [-0.4, -0.2) is 76.1 Å². The van der Waals surface area contributed by atoms with Crippen molar-refractivity contribution in [3.05, 3.63) is 45.0 Å². The second kappa shape index (κ2) is 9.64. The molecule has 34 heavy (non-hydrogen) atoms. The first-order valence-electron chi connectivity index (χ1n) is 10.8. The van der Waals surface area contributed by atoms with Crippen LogP contribution in [0, 0.1) is 5.41 Å². The second-order valence-electron chi connectivity index (χ2n) is 8.88. The van der Waals surface area contributed by atoms with Crippen molar-refractivity contribution >= 4 is 58.6 Å². The number of halogens is 3. The molecule has 2 aliphatic rings.